The topological polar surface area (TPSA) is 78.2 Å². The van der Waals surface area contributed by atoms with Gasteiger partial charge in [0.2, 0.25) is 0 Å². The summed E-state index contributed by atoms with van der Waals surface area (Å²) in [5.74, 6) is -0.877. The van der Waals surface area contributed by atoms with E-state index in [4.69, 9.17) is 24.3 Å². The van der Waals surface area contributed by atoms with Crippen LogP contribution in [-0.2, 0) is 20.7 Å². The summed E-state index contributed by atoms with van der Waals surface area (Å²) in [5.41, 5.74) is 7.62. The number of halogens is 1. The molecule has 0 fully saturated rings. The number of aromatic nitrogens is 3. The lowest BCUT2D eigenvalue weighted by Crippen LogP contribution is -2.33. The lowest BCUT2D eigenvalue weighted by atomic mass is 9.95. The maximum atomic E-state index is 16.1. The summed E-state index contributed by atoms with van der Waals surface area (Å²) in [4.78, 5) is 20.5. The minimum atomic E-state index is -1.15. The number of allylic oxidation sites excluding steroid dienone is 1. The van der Waals surface area contributed by atoms with E-state index in [9.17, 15) is 4.79 Å². The van der Waals surface area contributed by atoms with Gasteiger partial charge in [-0.2, -0.15) is 5.10 Å². The summed E-state index contributed by atoms with van der Waals surface area (Å²) in [5, 5.41) is 5.08. The van der Waals surface area contributed by atoms with Gasteiger partial charge in [-0.1, -0.05) is 54.6 Å². The van der Waals surface area contributed by atoms with Crippen molar-refractivity contribution in [2.45, 2.75) is 52.2 Å². The molecule has 3 aromatic carbocycles. The second-order valence-electron chi connectivity index (χ2n) is 13.2. The number of aryl methyl sites for hydroxylation is 2. The summed E-state index contributed by atoms with van der Waals surface area (Å²) < 4.78 is 35.3. The molecule has 8 nitrogen and oxygen atoms in total. The third kappa shape index (κ3) is 5.94. The Bertz CT molecular complexity index is 2060. The first-order valence-electron chi connectivity index (χ1n) is 16.3. The van der Waals surface area contributed by atoms with Crippen LogP contribution in [0.15, 0.2) is 78.9 Å². The maximum absolute atomic E-state index is 16.1. The number of methoxy groups -OCH3 is 1. The first-order chi connectivity index (χ1) is 23.1. The molecule has 0 saturated heterocycles. The Labute approximate surface area is 279 Å². The Hall–Kier alpha value is -5.02. The quantitative estimate of drug-likeness (QED) is 0.146. The van der Waals surface area contributed by atoms with Crippen molar-refractivity contribution in [2.24, 2.45) is 0 Å². The number of hydrogen-bond acceptors (Lipinski definition) is 7. The average Bonchev–Trinajstić information content (AvgIpc) is 3.49. The van der Waals surface area contributed by atoms with Crippen LogP contribution in [0, 0.1) is 12.7 Å². The number of nitrogens with zero attached hydrogens (tertiary/aromatic N) is 4. The maximum Gasteiger partial charge on any atom is 0.339 e. The van der Waals surface area contributed by atoms with E-state index in [1.165, 1.54) is 24.3 Å². The number of benzene rings is 3. The Morgan fingerprint density at radius 2 is 1.81 bits per heavy atom. The molecule has 0 radical (unpaired) electrons. The number of fused-ring (bicyclic) bond motifs is 8. The largest absolute Gasteiger partial charge is 0.486 e. The van der Waals surface area contributed by atoms with Crippen molar-refractivity contribution < 1.29 is 23.4 Å². The lowest BCUT2D eigenvalue weighted by Gasteiger charge is -2.32. The second kappa shape index (κ2) is 12.5. The molecule has 246 valence electrons. The molecule has 0 spiro atoms. The zero-order valence-electron chi connectivity index (χ0n) is 27.9. The fourth-order valence-corrected chi connectivity index (χ4v) is 6.64. The molecule has 4 heterocycles. The van der Waals surface area contributed by atoms with E-state index in [1.807, 2.05) is 52.0 Å². The number of carbonyl (C=O) groups excluding carboxylic acids is 1. The lowest BCUT2D eigenvalue weighted by molar-refractivity contribution is -0.164. The Kier molecular flexibility index (Phi) is 8.25. The highest BCUT2D eigenvalue weighted by Crippen LogP contribution is 2.42. The van der Waals surface area contributed by atoms with Crippen molar-refractivity contribution in [1.29, 1.82) is 0 Å². The monoisotopic (exact) mass is 646 g/mol. The average molecular weight is 647 g/mol. The highest BCUT2D eigenvalue weighted by atomic mass is 19.1. The predicted octanol–water partition coefficient (Wildman–Crippen LogP) is 7.91. The third-order valence-corrected chi connectivity index (χ3v) is 8.78. The summed E-state index contributed by atoms with van der Waals surface area (Å²) in [6.45, 7) is 9.00. The van der Waals surface area contributed by atoms with E-state index in [0.29, 0.717) is 59.2 Å². The van der Waals surface area contributed by atoms with Crippen LogP contribution in [0.3, 0.4) is 0 Å². The van der Waals surface area contributed by atoms with Gasteiger partial charge in [0.15, 0.2) is 23.3 Å². The molecular weight excluding hydrogens is 607 g/mol. The van der Waals surface area contributed by atoms with Crippen molar-refractivity contribution in [2.75, 3.05) is 31.7 Å². The number of rotatable bonds is 3. The van der Waals surface area contributed by atoms with Gasteiger partial charge in [-0.3, -0.25) is 0 Å². The molecule has 0 aliphatic carbocycles. The van der Waals surface area contributed by atoms with Crippen LogP contribution in [0.25, 0.3) is 39.3 Å². The number of carbonyl (C=O) groups is 1. The van der Waals surface area contributed by atoms with Crippen molar-refractivity contribution in [3.63, 3.8) is 0 Å². The van der Waals surface area contributed by atoms with Gasteiger partial charge in [-0.25, -0.2) is 18.7 Å². The smallest absolute Gasteiger partial charge is 0.339 e. The van der Waals surface area contributed by atoms with Crippen molar-refractivity contribution in [3.8, 4) is 39.4 Å². The number of esters is 1. The Balaban J connectivity index is 1.54. The van der Waals surface area contributed by atoms with Gasteiger partial charge in [-0.05, 0) is 75.4 Å². The van der Waals surface area contributed by atoms with Gasteiger partial charge in [-0.15, -0.1) is 0 Å². The van der Waals surface area contributed by atoms with Crippen LogP contribution >= 0.6 is 0 Å². The molecule has 48 heavy (non-hydrogen) atoms. The molecule has 0 N–H and O–H groups in total. The van der Waals surface area contributed by atoms with E-state index in [-0.39, 0.29) is 5.75 Å². The van der Waals surface area contributed by atoms with Crippen LogP contribution in [0.1, 0.15) is 50.1 Å². The van der Waals surface area contributed by atoms with Gasteiger partial charge in [0.05, 0.1) is 36.3 Å². The normalized spacial score (nSPS) is 15.7. The van der Waals surface area contributed by atoms with E-state index >= 15 is 4.39 Å². The Morgan fingerprint density at radius 3 is 2.62 bits per heavy atom. The van der Waals surface area contributed by atoms with Gasteiger partial charge >= 0.3 is 5.97 Å². The molecule has 2 aromatic heterocycles. The second-order valence-corrected chi connectivity index (χ2v) is 13.2. The minimum absolute atomic E-state index is 0.207. The summed E-state index contributed by atoms with van der Waals surface area (Å²) in [6.07, 6.45) is 4.93. The van der Waals surface area contributed by atoms with Crippen molar-refractivity contribution in [1.82, 2.24) is 14.6 Å². The molecule has 1 atom stereocenters. The fraction of sp³-hybridized carbons (Fsp3) is 0.308. The van der Waals surface area contributed by atoms with Crippen molar-refractivity contribution >= 4 is 17.3 Å². The highest BCUT2D eigenvalue weighted by molar-refractivity contribution is 5.84. The molecular formula is C39H39FN4O4. The van der Waals surface area contributed by atoms with Crippen LogP contribution in [0.5, 0.6) is 5.75 Å². The molecule has 2 aliphatic rings. The minimum Gasteiger partial charge on any atom is -0.486 e. The van der Waals surface area contributed by atoms with Gasteiger partial charge in [0.1, 0.15) is 6.61 Å². The standard InChI is InChI=1S/C39H39FN4O4/c1-24-34(37(38(45)46-5)48-39(2,3)4)35-28-21-30(40)36-32(22-28)43(18-19-47-36)17-10-6-7-12-25-13-8-9-16-29(25)26-14-11-15-27(20-26)31-23-33(41-24)44(35)42-31/h6,8-11,13-16,20-23,37H,7,12,17-19H2,1-5H3/b10-6-/t37-/m0/s1. The van der Waals surface area contributed by atoms with E-state index in [1.54, 1.807) is 4.52 Å². The molecule has 7 rings (SSSR count). The number of ether oxygens (including phenoxy) is 3. The molecule has 0 saturated carbocycles. The predicted molar refractivity (Wildman–Crippen MR) is 185 cm³/mol. The first-order valence-corrected chi connectivity index (χ1v) is 16.3. The van der Waals surface area contributed by atoms with Gasteiger partial charge in [0, 0.05) is 35.0 Å². The van der Waals surface area contributed by atoms with Crippen LogP contribution in [0.4, 0.5) is 10.1 Å². The Morgan fingerprint density at radius 1 is 1.00 bits per heavy atom. The van der Waals surface area contributed by atoms with E-state index in [0.717, 1.165) is 24.0 Å². The molecule has 5 aromatic rings. The molecule has 0 unspecified atom stereocenters. The molecule has 0 amide bonds. The van der Waals surface area contributed by atoms with Crippen molar-refractivity contribution in [3.05, 3.63) is 102 Å². The van der Waals surface area contributed by atoms with E-state index < -0.39 is 23.5 Å². The number of hydrogen-bond donors (Lipinski definition) is 0. The van der Waals surface area contributed by atoms with Gasteiger partial charge in [0.25, 0.3) is 0 Å². The molecule has 9 heteroatoms. The van der Waals surface area contributed by atoms with Crippen LogP contribution in [-0.4, -0.2) is 53.0 Å². The fourth-order valence-electron chi connectivity index (χ4n) is 6.64. The summed E-state index contributed by atoms with van der Waals surface area (Å²) in [7, 11) is 1.33. The first kappa shape index (κ1) is 31.6. The highest BCUT2D eigenvalue weighted by Gasteiger charge is 2.35. The van der Waals surface area contributed by atoms with Crippen LogP contribution < -0.4 is 9.64 Å². The summed E-state index contributed by atoms with van der Waals surface area (Å²) in [6, 6.07) is 22.1. The molecule has 6 bridgehead atoms. The third-order valence-electron chi connectivity index (χ3n) is 8.78. The zero-order chi connectivity index (χ0) is 33.6. The van der Waals surface area contributed by atoms with Gasteiger partial charge < -0.3 is 19.1 Å². The van der Waals surface area contributed by atoms with E-state index in [2.05, 4.69) is 53.5 Å². The number of anilines is 1. The SMILES string of the molecule is COC(=O)[C@@H](OC(C)(C)C)c1c(C)nc2cc3nn2c1-c1cc(F)c2c(c1)N(C/C=C\CCc1ccccc1-c1cccc-3c1)CCO2. The summed E-state index contributed by atoms with van der Waals surface area (Å²) >= 11 is 0. The molecule has 2 aliphatic heterocycles. The van der Waals surface area contributed by atoms with Crippen LogP contribution in [0.2, 0.25) is 0 Å². The zero-order valence-corrected chi connectivity index (χ0v) is 27.9.